The first kappa shape index (κ1) is 25.6. The molecule has 6 rings (SSSR count). The second-order valence-corrected chi connectivity index (χ2v) is 10.0. The molecular formula is C32H31N5O3. The fourth-order valence-corrected chi connectivity index (χ4v) is 5.63. The first-order valence-corrected chi connectivity index (χ1v) is 13.4. The number of allylic oxidation sites excluding steroid dienone is 1. The number of rotatable bonds is 8. The van der Waals surface area contributed by atoms with E-state index in [-0.39, 0.29) is 18.2 Å². The van der Waals surface area contributed by atoms with Gasteiger partial charge in [0.2, 0.25) is 5.95 Å². The third kappa shape index (κ3) is 4.56. The van der Waals surface area contributed by atoms with E-state index in [0.717, 1.165) is 47.3 Å². The lowest BCUT2D eigenvalue weighted by Gasteiger charge is -2.37. The maximum absolute atomic E-state index is 13.3. The van der Waals surface area contributed by atoms with E-state index in [4.69, 9.17) is 9.72 Å². The molecule has 3 N–H and O–H groups in total. The highest BCUT2D eigenvalue weighted by molar-refractivity contribution is 5.71. The van der Waals surface area contributed by atoms with Crippen LogP contribution in [0.15, 0.2) is 108 Å². The van der Waals surface area contributed by atoms with Crippen LogP contribution in [0, 0.1) is 0 Å². The van der Waals surface area contributed by atoms with Crippen molar-refractivity contribution in [2.45, 2.75) is 30.8 Å². The van der Waals surface area contributed by atoms with Crippen molar-refractivity contribution in [3.63, 3.8) is 0 Å². The van der Waals surface area contributed by atoms with Crippen molar-refractivity contribution in [1.29, 1.82) is 0 Å². The number of aromatic amines is 1. The van der Waals surface area contributed by atoms with Gasteiger partial charge in [0.05, 0.1) is 20.0 Å². The van der Waals surface area contributed by atoms with Crippen LogP contribution < -0.4 is 15.6 Å². The quantitative estimate of drug-likeness (QED) is 0.188. The highest BCUT2D eigenvalue weighted by Gasteiger charge is 2.37. The van der Waals surface area contributed by atoms with Crippen LogP contribution in [-0.2, 0) is 5.54 Å². The number of hydrogen-bond donors (Lipinski definition) is 3. The summed E-state index contributed by atoms with van der Waals surface area (Å²) in [6, 6.07) is 28.3. The van der Waals surface area contributed by atoms with Crippen molar-refractivity contribution >= 4 is 17.1 Å². The van der Waals surface area contributed by atoms with E-state index in [2.05, 4.69) is 45.6 Å². The monoisotopic (exact) mass is 533 g/mol. The molecule has 202 valence electrons. The minimum atomic E-state index is -0.882. The molecule has 0 bridgehead atoms. The Morgan fingerprint density at radius 1 is 1.00 bits per heavy atom. The summed E-state index contributed by atoms with van der Waals surface area (Å²) in [5.41, 5.74) is 3.61. The molecule has 1 aliphatic carbocycles. The third-order valence-electron chi connectivity index (χ3n) is 7.75. The van der Waals surface area contributed by atoms with Crippen LogP contribution in [0.1, 0.15) is 42.0 Å². The minimum Gasteiger partial charge on any atom is -0.497 e. The summed E-state index contributed by atoms with van der Waals surface area (Å²) >= 11 is 0. The number of aliphatic hydroxyl groups excluding tert-OH is 1. The number of ether oxygens (including phenoxy) is 1. The van der Waals surface area contributed by atoms with Crippen LogP contribution in [0.25, 0.3) is 11.2 Å². The topological polar surface area (TPSA) is 105 Å². The first-order valence-electron chi connectivity index (χ1n) is 13.4. The Bertz CT molecular complexity index is 1650. The summed E-state index contributed by atoms with van der Waals surface area (Å²) in [7, 11) is 1.65. The largest absolute Gasteiger partial charge is 0.497 e. The van der Waals surface area contributed by atoms with Crippen molar-refractivity contribution in [3.8, 4) is 5.75 Å². The van der Waals surface area contributed by atoms with Gasteiger partial charge in [0.1, 0.15) is 11.3 Å². The predicted molar refractivity (Wildman–Crippen MR) is 156 cm³/mol. The number of aromatic nitrogens is 4. The van der Waals surface area contributed by atoms with Crippen LogP contribution in [0.4, 0.5) is 5.95 Å². The number of aliphatic hydroxyl groups is 1. The van der Waals surface area contributed by atoms with Gasteiger partial charge >= 0.3 is 0 Å². The molecule has 8 heteroatoms. The van der Waals surface area contributed by atoms with Crippen LogP contribution in [0.2, 0.25) is 0 Å². The number of hydrogen-bond acceptors (Lipinski definition) is 6. The smallest absolute Gasteiger partial charge is 0.280 e. The van der Waals surface area contributed by atoms with Crippen molar-refractivity contribution in [2.24, 2.45) is 0 Å². The van der Waals surface area contributed by atoms with Crippen LogP contribution in [-0.4, -0.2) is 38.3 Å². The lowest BCUT2D eigenvalue weighted by molar-refractivity contribution is 0.316. The summed E-state index contributed by atoms with van der Waals surface area (Å²) in [4.78, 5) is 25.6. The van der Waals surface area contributed by atoms with E-state index in [1.54, 1.807) is 13.4 Å². The molecule has 1 atom stereocenters. The Kier molecular flexibility index (Phi) is 6.92. The molecular weight excluding hydrogens is 502 g/mol. The lowest BCUT2D eigenvalue weighted by Crippen LogP contribution is -2.39. The Balaban J connectivity index is 1.52. The van der Waals surface area contributed by atoms with Gasteiger partial charge in [-0.15, -0.1) is 0 Å². The highest BCUT2D eigenvalue weighted by Crippen LogP contribution is 2.40. The number of nitrogens with one attached hydrogen (secondary N) is 2. The molecule has 1 aliphatic rings. The van der Waals surface area contributed by atoms with Crippen LogP contribution in [0.3, 0.4) is 0 Å². The molecule has 3 aromatic carbocycles. The van der Waals surface area contributed by atoms with Gasteiger partial charge in [-0.25, -0.2) is 4.98 Å². The second-order valence-electron chi connectivity index (χ2n) is 10.0. The molecule has 2 heterocycles. The van der Waals surface area contributed by atoms with Crippen molar-refractivity contribution in [3.05, 3.63) is 130 Å². The second kappa shape index (κ2) is 10.8. The number of anilines is 1. The van der Waals surface area contributed by atoms with Gasteiger partial charge in [-0.3, -0.25) is 9.78 Å². The van der Waals surface area contributed by atoms with E-state index in [9.17, 15) is 9.90 Å². The van der Waals surface area contributed by atoms with Crippen molar-refractivity contribution in [2.75, 3.05) is 19.0 Å². The maximum atomic E-state index is 13.3. The minimum absolute atomic E-state index is 0.0792. The fraction of sp³-hybridized carbons (Fsp3) is 0.219. The summed E-state index contributed by atoms with van der Waals surface area (Å²) in [5, 5.41) is 13.2. The number of nitrogens with zero attached hydrogens (tertiary/aromatic N) is 3. The van der Waals surface area contributed by atoms with Gasteiger partial charge in [0.15, 0.2) is 11.2 Å². The van der Waals surface area contributed by atoms with Gasteiger partial charge < -0.3 is 19.7 Å². The summed E-state index contributed by atoms with van der Waals surface area (Å²) in [5.74, 6) is 1.09. The van der Waals surface area contributed by atoms with E-state index in [1.807, 2.05) is 65.2 Å². The molecule has 0 unspecified atom stereocenters. The van der Waals surface area contributed by atoms with E-state index < -0.39 is 5.54 Å². The van der Waals surface area contributed by atoms with Crippen LogP contribution >= 0.6 is 0 Å². The molecule has 5 aromatic rings. The molecule has 2 aromatic heterocycles. The SMILES string of the molecule is COc1ccc(C(Nc2nc3c(ncn3[C@H]3CC=C(CO)CC3)c(=O)[nH]2)(c2ccccc2)c2ccccc2)cc1. The number of imidazole rings is 1. The van der Waals surface area contributed by atoms with Gasteiger partial charge in [-0.2, -0.15) is 4.98 Å². The van der Waals surface area contributed by atoms with Gasteiger partial charge in [-0.05, 0) is 53.7 Å². The van der Waals surface area contributed by atoms with Gasteiger partial charge in [0, 0.05) is 6.04 Å². The maximum Gasteiger partial charge on any atom is 0.280 e. The summed E-state index contributed by atoms with van der Waals surface area (Å²) in [6.45, 7) is 0.0792. The average Bonchev–Trinajstić information content (AvgIpc) is 3.45. The number of fused-ring (bicyclic) bond motifs is 1. The molecule has 0 fully saturated rings. The molecule has 0 saturated heterocycles. The molecule has 0 radical (unpaired) electrons. The van der Waals surface area contributed by atoms with Gasteiger partial charge in [-0.1, -0.05) is 78.9 Å². The van der Waals surface area contributed by atoms with Crippen LogP contribution in [0.5, 0.6) is 5.75 Å². The third-order valence-corrected chi connectivity index (χ3v) is 7.75. The first-order chi connectivity index (χ1) is 19.6. The van der Waals surface area contributed by atoms with E-state index in [0.29, 0.717) is 17.1 Å². The van der Waals surface area contributed by atoms with Crippen molar-refractivity contribution < 1.29 is 9.84 Å². The number of methoxy groups -OCH3 is 1. The van der Waals surface area contributed by atoms with E-state index in [1.165, 1.54) is 0 Å². The zero-order chi connectivity index (χ0) is 27.5. The average molecular weight is 534 g/mol. The molecule has 40 heavy (non-hydrogen) atoms. The molecule has 0 saturated carbocycles. The Morgan fingerprint density at radius 2 is 1.65 bits per heavy atom. The molecule has 8 nitrogen and oxygen atoms in total. The normalized spacial score (nSPS) is 15.6. The Labute approximate surface area is 232 Å². The standard InChI is InChI=1S/C32H31N5O3/c1-40-27-18-14-25(15-19-27)32(23-8-4-2-5-9-23,24-10-6-3-7-11-24)36-31-34-29-28(30(39)35-31)33-21-37(29)26-16-12-22(20-38)13-17-26/h2-12,14-15,18-19,21,26,38H,13,16-17,20H2,1H3,(H2,34,35,36,39)/t26-/m0/s1. The summed E-state index contributed by atoms with van der Waals surface area (Å²) in [6.07, 6.45) is 6.18. The molecule has 0 aliphatic heterocycles. The zero-order valence-electron chi connectivity index (χ0n) is 22.2. The molecule has 0 amide bonds. The van der Waals surface area contributed by atoms with E-state index >= 15 is 0 Å². The fourth-order valence-electron chi connectivity index (χ4n) is 5.63. The predicted octanol–water partition coefficient (Wildman–Crippen LogP) is 5.18. The Morgan fingerprint density at radius 3 is 2.23 bits per heavy atom. The van der Waals surface area contributed by atoms with Crippen molar-refractivity contribution in [1.82, 2.24) is 19.5 Å². The molecule has 0 spiro atoms. The number of H-pyrrole nitrogens is 1. The van der Waals surface area contributed by atoms with Gasteiger partial charge in [0.25, 0.3) is 5.56 Å². The zero-order valence-corrected chi connectivity index (χ0v) is 22.2. The number of benzene rings is 3. The highest BCUT2D eigenvalue weighted by atomic mass is 16.5. The summed E-state index contributed by atoms with van der Waals surface area (Å²) < 4.78 is 7.43. The lowest BCUT2D eigenvalue weighted by atomic mass is 9.77. The Hall–Kier alpha value is -4.69.